The number of sulfonamides is 1. The highest BCUT2D eigenvalue weighted by atomic mass is 32.2. The van der Waals surface area contributed by atoms with Crippen LogP contribution in [0.15, 0.2) is 59.5 Å². The number of nitrogens with two attached hydrogens (primary N) is 1. The molecule has 1 amide bonds. The standard InChI is InChI=1S/C22H23FN6O3S/c23-16-8-10-18(11-9-16)33(31,32)27-14-12-21(30)26-13-4-7-20-19(15-24)22(25)29(28-20)17-5-2-1-3-6-17/h1-3,5-6,8-11,27H,4,7,12-14,25H2,(H,26,30). The first-order valence-electron chi connectivity index (χ1n) is 10.2. The number of hydrogen-bond acceptors (Lipinski definition) is 6. The van der Waals surface area contributed by atoms with E-state index >= 15 is 0 Å². The van der Waals surface area contributed by atoms with E-state index in [-0.39, 0.29) is 29.6 Å². The second-order valence-electron chi connectivity index (χ2n) is 7.12. The molecule has 11 heteroatoms. The zero-order chi connectivity index (χ0) is 23.8. The van der Waals surface area contributed by atoms with Crippen LogP contribution in [0.2, 0.25) is 0 Å². The summed E-state index contributed by atoms with van der Waals surface area (Å²) in [7, 11) is -3.82. The van der Waals surface area contributed by atoms with E-state index in [4.69, 9.17) is 5.73 Å². The van der Waals surface area contributed by atoms with Crippen molar-refractivity contribution in [2.24, 2.45) is 0 Å². The lowest BCUT2D eigenvalue weighted by atomic mass is 10.1. The number of carbonyl (C=O) groups is 1. The molecule has 0 aliphatic carbocycles. The Morgan fingerprint density at radius 1 is 1.12 bits per heavy atom. The molecule has 9 nitrogen and oxygen atoms in total. The molecule has 0 bridgehead atoms. The number of carbonyl (C=O) groups excluding carboxylic acids is 1. The minimum atomic E-state index is -3.82. The van der Waals surface area contributed by atoms with Gasteiger partial charge in [0.2, 0.25) is 15.9 Å². The number of anilines is 1. The van der Waals surface area contributed by atoms with Crippen LogP contribution in [-0.2, 0) is 21.2 Å². The number of aryl methyl sites for hydroxylation is 1. The van der Waals surface area contributed by atoms with Crippen LogP contribution in [0, 0.1) is 17.1 Å². The van der Waals surface area contributed by atoms with Crippen molar-refractivity contribution in [1.82, 2.24) is 19.8 Å². The van der Waals surface area contributed by atoms with Crippen molar-refractivity contribution >= 4 is 21.7 Å². The topological polar surface area (TPSA) is 143 Å². The van der Waals surface area contributed by atoms with Gasteiger partial charge in [0, 0.05) is 19.5 Å². The minimum Gasteiger partial charge on any atom is -0.382 e. The van der Waals surface area contributed by atoms with Crippen LogP contribution in [0.25, 0.3) is 5.69 Å². The molecule has 0 saturated carbocycles. The lowest BCUT2D eigenvalue weighted by Crippen LogP contribution is -2.31. The number of nitrogens with one attached hydrogen (secondary N) is 2. The molecule has 0 aliphatic rings. The molecule has 172 valence electrons. The van der Waals surface area contributed by atoms with Gasteiger partial charge in [-0.25, -0.2) is 22.2 Å². The summed E-state index contributed by atoms with van der Waals surface area (Å²) in [5, 5.41) is 16.6. The van der Waals surface area contributed by atoms with E-state index in [1.807, 2.05) is 30.3 Å². The number of aromatic nitrogens is 2. The first-order valence-corrected chi connectivity index (χ1v) is 11.6. The monoisotopic (exact) mass is 470 g/mol. The third-order valence-electron chi connectivity index (χ3n) is 4.79. The molecular weight excluding hydrogens is 447 g/mol. The minimum absolute atomic E-state index is 0.0561. The number of amides is 1. The highest BCUT2D eigenvalue weighted by Gasteiger charge is 2.17. The van der Waals surface area contributed by atoms with Gasteiger partial charge in [0.1, 0.15) is 23.3 Å². The summed E-state index contributed by atoms with van der Waals surface area (Å²) in [5.41, 5.74) is 7.66. The van der Waals surface area contributed by atoms with Gasteiger partial charge in [0.15, 0.2) is 0 Å². The van der Waals surface area contributed by atoms with Crippen molar-refractivity contribution in [3.8, 4) is 11.8 Å². The second-order valence-corrected chi connectivity index (χ2v) is 8.89. The molecule has 0 aliphatic heterocycles. The Kier molecular flexibility index (Phi) is 7.76. The molecule has 1 heterocycles. The van der Waals surface area contributed by atoms with Gasteiger partial charge in [-0.1, -0.05) is 18.2 Å². The van der Waals surface area contributed by atoms with Crippen molar-refractivity contribution in [2.75, 3.05) is 18.8 Å². The Morgan fingerprint density at radius 3 is 2.48 bits per heavy atom. The van der Waals surface area contributed by atoms with Crippen LogP contribution < -0.4 is 15.8 Å². The molecular formula is C22H23FN6O3S. The number of para-hydroxylation sites is 1. The van der Waals surface area contributed by atoms with Gasteiger partial charge in [-0.2, -0.15) is 10.4 Å². The van der Waals surface area contributed by atoms with Crippen molar-refractivity contribution < 1.29 is 17.6 Å². The van der Waals surface area contributed by atoms with E-state index in [2.05, 4.69) is 21.2 Å². The Labute approximate surface area is 191 Å². The van der Waals surface area contributed by atoms with E-state index in [9.17, 15) is 22.9 Å². The number of rotatable bonds is 10. The number of nitriles is 1. The van der Waals surface area contributed by atoms with Gasteiger partial charge in [-0.3, -0.25) is 4.79 Å². The molecule has 3 rings (SSSR count). The fraction of sp³-hybridized carbons (Fsp3) is 0.227. The summed E-state index contributed by atoms with van der Waals surface area (Å²) in [6.07, 6.45) is 0.900. The van der Waals surface area contributed by atoms with Crippen LogP contribution in [0.5, 0.6) is 0 Å². The zero-order valence-electron chi connectivity index (χ0n) is 17.7. The lowest BCUT2D eigenvalue weighted by Gasteiger charge is -2.07. The van der Waals surface area contributed by atoms with Crippen molar-refractivity contribution in [1.29, 1.82) is 5.26 Å². The van der Waals surface area contributed by atoms with Crippen molar-refractivity contribution in [2.45, 2.75) is 24.2 Å². The molecule has 0 atom stereocenters. The molecule has 0 unspecified atom stereocenters. The predicted molar refractivity (Wildman–Crippen MR) is 120 cm³/mol. The average molecular weight is 471 g/mol. The molecule has 0 saturated heterocycles. The largest absolute Gasteiger partial charge is 0.382 e. The smallest absolute Gasteiger partial charge is 0.240 e. The quantitative estimate of drug-likeness (QED) is 0.386. The summed E-state index contributed by atoms with van der Waals surface area (Å²) in [4.78, 5) is 11.9. The summed E-state index contributed by atoms with van der Waals surface area (Å²) in [6.45, 7) is 0.231. The maximum atomic E-state index is 12.9. The van der Waals surface area contributed by atoms with Gasteiger partial charge in [0.05, 0.1) is 16.3 Å². The van der Waals surface area contributed by atoms with Gasteiger partial charge in [-0.15, -0.1) is 0 Å². The second kappa shape index (κ2) is 10.7. The fourth-order valence-corrected chi connectivity index (χ4v) is 4.14. The first kappa shape index (κ1) is 23.9. The Bertz CT molecular complexity index is 1250. The van der Waals surface area contributed by atoms with Gasteiger partial charge < -0.3 is 11.1 Å². The summed E-state index contributed by atoms with van der Waals surface area (Å²) < 4.78 is 41.0. The molecule has 33 heavy (non-hydrogen) atoms. The van der Waals surface area contributed by atoms with E-state index in [0.717, 1.165) is 30.0 Å². The Hall–Kier alpha value is -3.75. The maximum absolute atomic E-state index is 12.9. The summed E-state index contributed by atoms with van der Waals surface area (Å²) >= 11 is 0. The van der Waals surface area contributed by atoms with E-state index < -0.39 is 15.8 Å². The number of nitrogens with zero attached hydrogens (tertiary/aromatic N) is 3. The van der Waals surface area contributed by atoms with Crippen LogP contribution in [0.1, 0.15) is 24.1 Å². The SMILES string of the molecule is N#Cc1c(CCCNC(=O)CCNS(=O)(=O)c2ccc(F)cc2)nn(-c2ccccc2)c1N. The molecule has 3 aromatic rings. The highest BCUT2D eigenvalue weighted by Crippen LogP contribution is 2.21. The Balaban J connectivity index is 1.45. The summed E-state index contributed by atoms with van der Waals surface area (Å²) in [5.74, 6) is -0.604. The molecule has 0 fully saturated rings. The Morgan fingerprint density at radius 2 is 1.82 bits per heavy atom. The molecule has 0 radical (unpaired) electrons. The normalized spacial score (nSPS) is 11.2. The van der Waals surface area contributed by atoms with Crippen LogP contribution in [0.4, 0.5) is 10.2 Å². The average Bonchev–Trinajstić information content (AvgIpc) is 3.12. The van der Waals surface area contributed by atoms with E-state index in [0.29, 0.717) is 30.6 Å². The number of benzene rings is 2. The van der Waals surface area contributed by atoms with Crippen LogP contribution >= 0.6 is 0 Å². The van der Waals surface area contributed by atoms with Crippen molar-refractivity contribution in [3.05, 3.63) is 71.7 Å². The number of nitrogen functional groups attached to an aromatic ring is 1. The van der Waals surface area contributed by atoms with Gasteiger partial charge >= 0.3 is 0 Å². The van der Waals surface area contributed by atoms with Gasteiger partial charge in [0.25, 0.3) is 0 Å². The van der Waals surface area contributed by atoms with Crippen molar-refractivity contribution in [3.63, 3.8) is 0 Å². The molecule has 0 spiro atoms. The third-order valence-corrected chi connectivity index (χ3v) is 6.26. The third kappa shape index (κ3) is 6.15. The lowest BCUT2D eigenvalue weighted by molar-refractivity contribution is -0.120. The predicted octanol–water partition coefficient (Wildman–Crippen LogP) is 1.88. The number of hydrogen-bond donors (Lipinski definition) is 3. The highest BCUT2D eigenvalue weighted by molar-refractivity contribution is 7.89. The molecule has 2 aromatic carbocycles. The zero-order valence-corrected chi connectivity index (χ0v) is 18.5. The molecule has 1 aromatic heterocycles. The maximum Gasteiger partial charge on any atom is 0.240 e. The van der Waals surface area contributed by atoms with Crippen LogP contribution in [-0.4, -0.2) is 37.2 Å². The van der Waals surface area contributed by atoms with E-state index in [1.165, 1.54) is 4.68 Å². The summed E-state index contributed by atoms with van der Waals surface area (Å²) in [6, 6.07) is 15.7. The molecule has 4 N–H and O–H groups in total. The van der Waals surface area contributed by atoms with Gasteiger partial charge in [-0.05, 0) is 49.2 Å². The van der Waals surface area contributed by atoms with Crippen LogP contribution in [0.3, 0.4) is 0 Å². The number of halogens is 1. The first-order chi connectivity index (χ1) is 15.8. The fourth-order valence-electron chi connectivity index (χ4n) is 3.11. The van der Waals surface area contributed by atoms with E-state index in [1.54, 1.807) is 0 Å².